The van der Waals surface area contributed by atoms with Crippen molar-refractivity contribution in [2.75, 3.05) is 0 Å². The average Bonchev–Trinajstić information content (AvgIpc) is 2.31. The fourth-order valence-corrected chi connectivity index (χ4v) is 2.58. The summed E-state index contributed by atoms with van der Waals surface area (Å²) in [4.78, 5) is 12.1. The first-order valence-electron chi connectivity index (χ1n) is 5.84. The molecule has 2 nitrogen and oxygen atoms in total. The minimum atomic E-state index is 0.00990. The van der Waals surface area contributed by atoms with Gasteiger partial charge in [-0.3, -0.25) is 4.79 Å². The Bertz CT molecular complexity index is 395. The molecule has 0 bridgehead atoms. The predicted molar refractivity (Wildman–Crippen MR) is 83.3 cm³/mol. The van der Waals surface area contributed by atoms with E-state index < -0.39 is 0 Å². The Morgan fingerprint density at radius 3 is 2.76 bits per heavy atom. The highest BCUT2D eigenvalue weighted by molar-refractivity contribution is 14.1. The van der Waals surface area contributed by atoms with Crippen molar-refractivity contribution >= 4 is 44.4 Å². The molecule has 0 heterocycles. The van der Waals surface area contributed by atoms with E-state index in [1.165, 1.54) is 0 Å². The average molecular weight is 410 g/mol. The number of nitrogens with one attached hydrogen (secondary N) is 1. The van der Waals surface area contributed by atoms with Gasteiger partial charge in [0.1, 0.15) is 0 Å². The number of carbonyl (C=O) groups excluding carboxylic acids is 1. The first-order chi connectivity index (χ1) is 8.08. The largest absolute Gasteiger partial charge is 0.349 e. The van der Waals surface area contributed by atoms with Gasteiger partial charge in [0, 0.05) is 14.1 Å². The first-order valence-corrected chi connectivity index (χ1v) is 7.71. The molecule has 1 N–H and O–H groups in total. The van der Waals surface area contributed by atoms with Crippen molar-refractivity contribution < 1.29 is 4.79 Å². The maximum Gasteiger partial charge on any atom is 0.252 e. The first kappa shape index (κ1) is 15.0. The summed E-state index contributed by atoms with van der Waals surface area (Å²) in [6.07, 6.45) is 3.09. The van der Waals surface area contributed by atoms with Gasteiger partial charge in [0.2, 0.25) is 0 Å². The van der Waals surface area contributed by atoms with Crippen LogP contribution in [-0.4, -0.2) is 11.9 Å². The summed E-state index contributed by atoms with van der Waals surface area (Å²) in [5.74, 6) is 0.00990. The number of benzene rings is 1. The molecular formula is C13H17BrINO. The number of carbonyl (C=O) groups is 1. The molecule has 1 aromatic rings. The molecule has 0 aliphatic rings. The lowest BCUT2D eigenvalue weighted by molar-refractivity contribution is 0.0933. The third-order valence-corrected chi connectivity index (χ3v) is 4.00. The van der Waals surface area contributed by atoms with E-state index >= 15 is 0 Å². The SMILES string of the molecule is CCCC(CC)NC(=O)c1cc(I)ccc1Br. The van der Waals surface area contributed by atoms with Gasteiger partial charge in [-0.25, -0.2) is 0 Å². The van der Waals surface area contributed by atoms with Crippen LogP contribution in [0.25, 0.3) is 0 Å². The third-order valence-electron chi connectivity index (χ3n) is 2.64. The standard InChI is InChI=1S/C13H17BrINO/c1-3-5-10(4-2)16-13(17)11-8-9(15)6-7-12(11)14/h6-8,10H,3-5H2,1-2H3,(H,16,17). The van der Waals surface area contributed by atoms with Crippen molar-refractivity contribution in [2.45, 2.75) is 39.2 Å². The molecule has 1 aromatic carbocycles. The van der Waals surface area contributed by atoms with Crippen LogP contribution in [0.3, 0.4) is 0 Å². The summed E-state index contributed by atoms with van der Waals surface area (Å²) in [5.41, 5.74) is 0.714. The van der Waals surface area contributed by atoms with E-state index in [-0.39, 0.29) is 11.9 Å². The van der Waals surface area contributed by atoms with Crippen LogP contribution in [0.1, 0.15) is 43.5 Å². The number of rotatable bonds is 5. The van der Waals surface area contributed by atoms with Gasteiger partial charge in [-0.2, -0.15) is 0 Å². The second kappa shape index (κ2) is 7.36. The molecule has 0 aliphatic heterocycles. The maximum absolute atomic E-state index is 12.1. The lowest BCUT2D eigenvalue weighted by atomic mass is 10.1. The normalized spacial score (nSPS) is 12.2. The zero-order valence-electron chi connectivity index (χ0n) is 10.1. The molecule has 0 fully saturated rings. The Kier molecular flexibility index (Phi) is 6.48. The van der Waals surface area contributed by atoms with E-state index in [0.29, 0.717) is 5.56 Å². The van der Waals surface area contributed by atoms with E-state index in [0.717, 1.165) is 27.3 Å². The summed E-state index contributed by atoms with van der Waals surface area (Å²) >= 11 is 5.63. The van der Waals surface area contributed by atoms with Gasteiger partial charge >= 0.3 is 0 Å². The van der Waals surface area contributed by atoms with Crippen LogP contribution >= 0.6 is 38.5 Å². The van der Waals surface area contributed by atoms with Crippen molar-refractivity contribution in [3.05, 3.63) is 31.8 Å². The highest BCUT2D eigenvalue weighted by Crippen LogP contribution is 2.19. The summed E-state index contributed by atoms with van der Waals surface area (Å²) in [6.45, 7) is 4.24. The zero-order chi connectivity index (χ0) is 12.8. The van der Waals surface area contributed by atoms with Crippen molar-refractivity contribution in [2.24, 2.45) is 0 Å². The lowest BCUT2D eigenvalue weighted by Crippen LogP contribution is -2.34. The molecule has 0 spiro atoms. The number of amides is 1. The van der Waals surface area contributed by atoms with Crippen LogP contribution in [0, 0.1) is 3.57 Å². The molecule has 94 valence electrons. The van der Waals surface area contributed by atoms with E-state index in [1.807, 2.05) is 18.2 Å². The van der Waals surface area contributed by atoms with Gasteiger partial charge in [-0.1, -0.05) is 20.3 Å². The van der Waals surface area contributed by atoms with E-state index in [9.17, 15) is 4.79 Å². The van der Waals surface area contributed by atoms with Crippen molar-refractivity contribution in [3.63, 3.8) is 0 Å². The highest BCUT2D eigenvalue weighted by Gasteiger charge is 2.14. The number of halogens is 2. The van der Waals surface area contributed by atoms with E-state index in [1.54, 1.807) is 0 Å². The molecule has 0 aliphatic carbocycles. The molecule has 1 amide bonds. The van der Waals surface area contributed by atoms with Crippen molar-refractivity contribution in [1.82, 2.24) is 5.32 Å². The molecule has 0 saturated heterocycles. The second-order valence-corrected chi connectivity index (χ2v) is 6.09. The quantitative estimate of drug-likeness (QED) is 0.719. The Labute approximate surface area is 125 Å². The van der Waals surface area contributed by atoms with Gasteiger partial charge in [-0.05, 0) is 69.6 Å². The van der Waals surface area contributed by atoms with Gasteiger partial charge < -0.3 is 5.32 Å². The Morgan fingerprint density at radius 2 is 2.18 bits per heavy atom. The molecular weight excluding hydrogens is 393 g/mol. The summed E-state index contributed by atoms with van der Waals surface area (Å²) < 4.78 is 1.92. The van der Waals surface area contributed by atoms with Crippen LogP contribution in [-0.2, 0) is 0 Å². The smallest absolute Gasteiger partial charge is 0.252 e. The van der Waals surface area contributed by atoms with E-state index in [2.05, 4.69) is 57.7 Å². The Balaban J connectivity index is 2.78. The number of hydrogen-bond acceptors (Lipinski definition) is 1. The van der Waals surface area contributed by atoms with Gasteiger partial charge in [0.05, 0.1) is 5.56 Å². The molecule has 0 aromatic heterocycles. The fraction of sp³-hybridized carbons (Fsp3) is 0.462. The van der Waals surface area contributed by atoms with Gasteiger partial charge in [-0.15, -0.1) is 0 Å². The van der Waals surface area contributed by atoms with Crippen molar-refractivity contribution in [3.8, 4) is 0 Å². The molecule has 1 unspecified atom stereocenters. The second-order valence-electron chi connectivity index (χ2n) is 3.99. The topological polar surface area (TPSA) is 29.1 Å². The van der Waals surface area contributed by atoms with Crippen LogP contribution in [0.2, 0.25) is 0 Å². The summed E-state index contributed by atoms with van der Waals surface area (Å²) in [7, 11) is 0. The molecule has 1 rings (SSSR count). The third kappa shape index (κ3) is 4.58. The van der Waals surface area contributed by atoms with Crippen molar-refractivity contribution in [1.29, 1.82) is 0 Å². The Hall–Kier alpha value is -0.100. The number of hydrogen-bond donors (Lipinski definition) is 1. The molecule has 17 heavy (non-hydrogen) atoms. The monoisotopic (exact) mass is 409 g/mol. The minimum Gasteiger partial charge on any atom is -0.349 e. The molecule has 1 atom stereocenters. The minimum absolute atomic E-state index is 0.00990. The van der Waals surface area contributed by atoms with Crippen LogP contribution in [0.15, 0.2) is 22.7 Å². The van der Waals surface area contributed by atoms with Crippen LogP contribution in [0.4, 0.5) is 0 Å². The zero-order valence-corrected chi connectivity index (χ0v) is 13.8. The van der Waals surface area contributed by atoms with Gasteiger partial charge in [0.25, 0.3) is 5.91 Å². The molecule has 4 heteroatoms. The molecule has 0 radical (unpaired) electrons. The fourth-order valence-electron chi connectivity index (χ4n) is 1.66. The maximum atomic E-state index is 12.1. The summed E-state index contributed by atoms with van der Waals surface area (Å²) in [6, 6.07) is 6.07. The predicted octanol–water partition coefficient (Wildman–Crippen LogP) is 4.36. The lowest BCUT2D eigenvalue weighted by Gasteiger charge is -2.16. The summed E-state index contributed by atoms with van der Waals surface area (Å²) in [5, 5.41) is 3.08. The van der Waals surface area contributed by atoms with Crippen LogP contribution in [0.5, 0.6) is 0 Å². The van der Waals surface area contributed by atoms with Gasteiger partial charge in [0.15, 0.2) is 0 Å². The Morgan fingerprint density at radius 1 is 1.47 bits per heavy atom. The van der Waals surface area contributed by atoms with E-state index in [4.69, 9.17) is 0 Å². The highest BCUT2D eigenvalue weighted by atomic mass is 127. The van der Waals surface area contributed by atoms with Crippen LogP contribution < -0.4 is 5.32 Å². The molecule has 0 saturated carbocycles.